The first kappa shape index (κ1) is 29.2. The molecule has 0 aliphatic heterocycles. The molecule has 0 aliphatic rings. The highest BCUT2D eigenvalue weighted by atomic mass is 16.5. The molecule has 2 N–H and O–H groups in total. The number of benzene rings is 4. The minimum absolute atomic E-state index is 0.361. The summed E-state index contributed by atoms with van der Waals surface area (Å²) in [5, 5.41) is 20.2. The van der Waals surface area contributed by atoms with Crippen molar-refractivity contribution in [2.45, 2.75) is 39.5 Å². The zero-order chi connectivity index (χ0) is 29.2. The maximum absolute atomic E-state index is 10.1. The molecule has 0 unspecified atom stereocenters. The summed E-state index contributed by atoms with van der Waals surface area (Å²) in [4.78, 5) is 0. The number of ether oxygens (including phenoxy) is 1. The molecule has 0 aromatic heterocycles. The maximum Gasteiger partial charge on any atom is 0.127 e. The van der Waals surface area contributed by atoms with Gasteiger partial charge in [-0.3, -0.25) is 0 Å². The van der Waals surface area contributed by atoms with Gasteiger partial charge in [-0.2, -0.15) is 0 Å². The van der Waals surface area contributed by atoms with Crippen LogP contribution in [0.1, 0.15) is 71.2 Å². The van der Waals surface area contributed by atoms with Gasteiger partial charge in [-0.25, -0.2) is 0 Å². The third kappa shape index (κ3) is 7.67. The molecule has 3 heteroatoms. The molecule has 0 spiro atoms. The van der Waals surface area contributed by atoms with Crippen LogP contribution in [0.4, 0.5) is 0 Å². The van der Waals surface area contributed by atoms with Crippen molar-refractivity contribution >= 4 is 24.3 Å². The quantitative estimate of drug-likeness (QED) is 0.175. The molecule has 0 heterocycles. The molecular weight excluding hydrogens is 504 g/mol. The van der Waals surface area contributed by atoms with Gasteiger partial charge in [0.2, 0.25) is 0 Å². The summed E-state index contributed by atoms with van der Waals surface area (Å²) in [5.41, 5.74) is 8.68. The minimum atomic E-state index is 0.361. The molecule has 4 rings (SSSR count). The molecule has 4 aromatic carbocycles. The van der Waals surface area contributed by atoms with Crippen molar-refractivity contribution in [3.8, 4) is 11.5 Å². The Labute approximate surface area is 244 Å². The molecular formula is C38H38O3. The van der Waals surface area contributed by atoms with Gasteiger partial charge in [0.25, 0.3) is 0 Å². The Balaban J connectivity index is 1.47. The number of allylic oxidation sites excluding steroid dienone is 2. The molecule has 0 atom stereocenters. The second kappa shape index (κ2) is 14.0. The molecule has 0 aliphatic carbocycles. The van der Waals surface area contributed by atoms with Gasteiger partial charge in [0.15, 0.2) is 0 Å². The van der Waals surface area contributed by atoms with E-state index in [0.717, 1.165) is 68.8 Å². The van der Waals surface area contributed by atoms with E-state index in [0.29, 0.717) is 24.4 Å². The topological polar surface area (TPSA) is 49.7 Å². The van der Waals surface area contributed by atoms with Crippen LogP contribution in [0.2, 0.25) is 0 Å². The van der Waals surface area contributed by atoms with Gasteiger partial charge < -0.3 is 14.9 Å². The van der Waals surface area contributed by atoms with Crippen molar-refractivity contribution in [1.29, 1.82) is 0 Å². The third-order valence-electron chi connectivity index (χ3n) is 7.15. The Hall–Kier alpha value is -4.76. The highest BCUT2D eigenvalue weighted by molar-refractivity contribution is 5.66. The van der Waals surface area contributed by atoms with E-state index in [9.17, 15) is 10.2 Å². The molecule has 0 amide bonds. The fourth-order valence-corrected chi connectivity index (χ4v) is 4.77. The molecule has 0 radical (unpaired) electrons. The summed E-state index contributed by atoms with van der Waals surface area (Å²) in [6.45, 7) is 11.8. The minimum Gasteiger partial charge on any atom is -0.512 e. The largest absolute Gasteiger partial charge is 0.512 e. The van der Waals surface area contributed by atoms with E-state index in [1.807, 2.05) is 98.8 Å². The summed E-state index contributed by atoms with van der Waals surface area (Å²) in [5.74, 6) is 2.25. The zero-order valence-corrected chi connectivity index (χ0v) is 23.9. The van der Waals surface area contributed by atoms with Crippen LogP contribution in [0, 0.1) is 0 Å². The van der Waals surface area contributed by atoms with E-state index in [1.54, 1.807) is 0 Å². The Bertz CT molecular complexity index is 1440. The summed E-state index contributed by atoms with van der Waals surface area (Å²) >= 11 is 0. The predicted molar refractivity (Wildman–Crippen MR) is 173 cm³/mol. The second-order valence-electron chi connectivity index (χ2n) is 9.96. The maximum atomic E-state index is 10.1. The monoisotopic (exact) mass is 542 g/mol. The van der Waals surface area contributed by atoms with Gasteiger partial charge in [-0.05, 0) is 93.8 Å². The van der Waals surface area contributed by atoms with Crippen LogP contribution in [0.25, 0.3) is 24.3 Å². The van der Waals surface area contributed by atoms with E-state index in [1.165, 1.54) is 0 Å². The summed E-state index contributed by atoms with van der Waals surface area (Å²) < 4.78 is 6.14. The summed E-state index contributed by atoms with van der Waals surface area (Å²) in [6.07, 6.45) is 10.0. The van der Waals surface area contributed by atoms with Gasteiger partial charge >= 0.3 is 0 Å². The third-order valence-corrected chi connectivity index (χ3v) is 7.15. The van der Waals surface area contributed by atoms with Gasteiger partial charge in [0.1, 0.15) is 11.5 Å². The predicted octanol–water partition coefficient (Wildman–Crippen LogP) is 10.6. The summed E-state index contributed by atoms with van der Waals surface area (Å²) in [7, 11) is 0. The fourth-order valence-electron chi connectivity index (χ4n) is 4.77. The number of aliphatic hydroxyl groups excluding tert-OH is 2. The molecule has 0 saturated heterocycles. The average Bonchev–Trinajstić information content (AvgIpc) is 3.00. The van der Waals surface area contributed by atoms with E-state index >= 15 is 0 Å². The van der Waals surface area contributed by atoms with Crippen molar-refractivity contribution < 1.29 is 14.9 Å². The van der Waals surface area contributed by atoms with E-state index < -0.39 is 0 Å². The van der Waals surface area contributed by atoms with Crippen molar-refractivity contribution in [3.05, 3.63) is 154 Å². The average molecular weight is 543 g/mol. The molecule has 0 saturated carbocycles. The van der Waals surface area contributed by atoms with E-state index in [-0.39, 0.29) is 0 Å². The van der Waals surface area contributed by atoms with Crippen molar-refractivity contribution in [2.24, 2.45) is 0 Å². The Morgan fingerprint density at radius 2 is 0.951 bits per heavy atom. The summed E-state index contributed by atoms with van der Waals surface area (Å²) in [6, 6.07) is 28.4. The Morgan fingerprint density at radius 3 is 1.29 bits per heavy atom. The van der Waals surface area contributed by atoms with Gasteiger partial charge in [0.05, 0.1) is 11.5 Å². The molecule has 4 aromatic rings. The first-order valence-corrected chi connectivity index (χ1v) is 14.1. The number of rotatable bonds is 12. The zero-order valence-electron chi connectivity index (χ0n) is 23.9. The second-order valence-corrected chi connectivity index (χ2v) is 9.96. The lowest BCUT2D eigenvalue weighted by Crippen LogP contribution is -1.97. The van der Waals surface area contributed by atoms with E-state index in [4.69, 9.17) is 4.74 Å². The van der Waals surface area contributed by atoms with Gasteiger partial charge in [-0.1, -0.05) is 99.8 Å². The Kier molecular flexibility index (Phi) is 10.0. The molecule has 208 valence electrons. The normalized spacial score (nSPS) is 11.8. The standard InChI is InChI=1S/C38H38O3/c1-5-29-11-9-13-31(25-33(39)7-3)37(29)23-27-15-19-35(20-16-27)41-36-21-17-28(18-22-36)24-38-30(6-2)12-10-14-32(38)26-34(40)8-4/h5-6,9-22,25-26,39-40H,1-2,7-8,23-24H2,3-4H3/b33-25-,34-26-. The SMILES string of the molecule is C=Cc1cccc(/C=C(\O)CC)c1Cc1ccc(Oc2ccc(Cc3c(C=C)cccc3/C=C(\O)CC)cc2)cc1. The van der Waals surface area contributed by atoms with Crippen LogP contribution in [0.15, 0.2) is 110 Å². The first-order valence-electron chi connectivity index (χ1n) is 14.1. The van der Waals surface area contributed by atoms with Crippen molar-refractivity contribution in [3.63, 3.8) is 0 Å². The number of hydrogen-bond acceptors (Lipinski definition) is 3. The van der Waals surface area contributed by atoms with Gasteiger partial charge in [0, 0.05) is 12.8 Å². The van der Waals surface area contributed by atoms with Crippen LogP contribution in [0.5, 0.6) is 11.5 Å². The molecule has 41 heavy (non-hydrogen) atoms. The van der Waals surface area contributed by atoms with Crippen LogP contribution < -0.4 is 4.74 Å². The van der Waals surface area contributed by atoms with Crippen molar-refractivity contribution in [1.82, 2.24) is 0 Å². The van der Waals surface area contributed by atoms with Crippen LogP contribution in [0.3, 0.4) is 0 Å². The van der Waals surface area contributed by atoms with Crippen LogP contribution >= 0.6 is 0 Å². The lowest BCUT2D eigenvalue weighted by molar-refractivity contribution is 0.399. The smallest absolute Gasteiger partial charge is 0.127 e. The number of hydrogen-bond donors (Lipinski definition) is 2. The highest BCUT2D eigenvalue weighted by Gasteiger charge is 2.10. The first-order chi connectivity index (χ1) is 19.9. The number of aliphatic hydroxyl groups is 2. The highest BCUT2D eigenvalue weighted by Crippen LogP contribution is 2.28. The van der Waals surface area contributed by atoms with E-state index in [2.05, 4.69) is 37.4 Å². The van der Waals surface area contributed by atoms with Crippen molar-refractivity contribution in [2.75, 3.05) is 0 Å². The lowest BCUT2D eigenvalue weighted by atomic mass is 9.94. The Morgan fingerprint density at radius 1 is 0.585 bits per heavy atom. The fraction of sp³-hybridized carbons (Fsp3) is 0.158. The molecule has 0 bridgehead atoms. The molecule has 3 nitrogen and oxygen atoms in total. The lowest BCUT2D eigenvalue weighted by Gasteiger charge is -2.13. The van der Waals surface area contributed by atoms with Crippen LogP contribution in [-0.2, 0) is 12.8 Å². The van der Waals surface area contributed by atoms with Crippen LogP contribution in [-0.4, -0.2) is 10.2 Å². The molecule has 0 fully saturated rings. The van der Waals surface area contributed by atoms with Gasteiger partial charge in [-0.15, -0.1) is 0 Å².